The highest BCUT2D eigenvalue weighted by Gasteiger charge is 2.20. The molecule has 35 heavy (non-hydrogen) atoms. The van der Waals surface area contributed by atoms with Gasteiger partial charge in [0.15, 0.2) is 0 Å². The fourth-order valence-corrected chi connectivity index (χ4v) is 4.81. The number of carbonyl (C=O) groups excluding carboxylic acids is 1. The van der Waals surface area contributed by atoms with Crippen LogP contribution in [0.1, 0.15) is 35.0 Å². The van der Waals surface area contributed by atoms with E-state index in [1.165, 1.54) is 11.7 Å². The van der Waals surface area contributed by atoms with Gasteiger partial charge in [-0.15, -0.1) is 11.3 Å². The van der Waals surface area contributed by atoms with Gasteiger partial charge in [-0.2, -0.15) is 5.26 Å². The number of pyridine rings is 1. The van der Waals surface area contributed by atoms with Gasteiger partial charge in [-0.05, 0) is 42.3 Å². The average molecular weight is 482 g/mol. The zero-order chi connectivity index (χ0) is 24.8. The van der Waals surface area contributed by atoms with Crippen molar-refractivity contribution in [3.8, 4) is 17.5 Å². The Morgan fingerprint density at radius 3 is 2.51 bits per heavy atom. The molecule has 0 atom stereocenters. The number of aromatic nitrogens is 2. The second-order valence-electron chi connectivity index (χ2n) is 7.75. The fourth-order valence-electron chi connectivity index (χ4n) is 3.73. The smallest absolute Gasteiger partial charge is 0.273 e. The number of ketones is 1. The van der Waals surface area contributed by atoms with Gasteiger partial charge >= 0.3 is 0 Å². The van der Waals surface area contributed by atoms with Crippen molar-refractivity contribution in [1.82, 2.24) is 9.55 Å². The third-order valence-corrected chi connectivity index (χ3v) is 6.52. The maximum absolute atomic E-state index is 13.6. The number of ether oxygens (including phenoxy) is 1. The van der Waals surface area contributed by atoms with Crippen molar-refractivity contribution in [3.63, 3.8) is 0 Å². The molecular weight excluding hydrogens is 458 g/mol. The molecule has 0 aliphatic carbocycles. The molecule has 0 saturated carbocycles. The van der Waals surface area contributed by atoms with E-state index in [9.17, 15) is 14.9 Å². The van der Waals surface area contributed by atoms with Gasteiger partial charge in [-0.3, -0.25) is 19.1 Å². The lowest BCUT2D eigenvalue weighted by atomic mass is 10.0. The third-order valence-electron chi connectivity index (χ3n) is 5.42. The summed E-state index contributed by atoms with van der Waals surface area (Å²) in [5.74, 6) is 0.0107. The Balaban J connectivity index is 2.01. The molecule has 0 radical (unpaired) electrons. The number of nitrogens with zero attached hydrogens (tertiary/aromatic N) is 3. The number of rotatable bonds is 7. The number of Topliss-reactive ketones (excluding diaryl/α,β-unsaturated/α-hetero) is 1. The Labute approximate surface area is 206 Å². The fraction of sp³-hybridized carbons (Fsp3) is 0.143. The number of para-hydroxylation sites is 2. The summed E-state index contributed by atoms with van der Waals surface area (Å²) in [5.41, 5.74) is 2.09. The van der Waals surface area contributed by atoms with Crippen LogP contribution in [0.2, 0.25) is 0 Å². The van der Waals surface area contributed by atoms with E-state index in [4.69, 9.17) is 4.74 Å². The minimum Gasteiger partial charge on any atom is -0.495 e. The summed E-state index contributed by atoms with van der Waals surface area (Å²) in [6.45, 7) is 2.09. The van der Waals surface area contributed by atoms with Crippen LogP contribution in [0, 0.1) is 11.3 Å². The summed E-state index contributed by atoms with van der Waals surface area (Å²) in [6.07, 6.45) is 5.20. The van der Waals surface area contributed by atoms with Crippen molar-refractivity contribution in [2.75, 3.05) is 7.11 Å². The molecule has 6 nitrogen and oxygen atoms in total. The standard InChI is InChI=1S/C28H23N3O3S/c1-3-8-19-12-14-20(15-13-19)26(32)22(18-29)28-31(23-10-4-5-11-24(23)34-2)27(33)25(35-28)17-21-9-6-7-16-30-21/h4-7,9-17H,3,8H2,1-2H3/b25-17-,28-22-. The van der Waals surface area contributed by atoms with Crippen LogP contribution in [-0.2, 0) is 6.42 Å². The predicted octanol–water partition coefficient (Wildman–Crippen LogP) is 3.64. The van der Waals surface area contributed by atoms with Crippen molar-refractivity contribution >= 4 is 28.8 Å². The summed E-state index contributed by atoms with van der Waals surface area (Å²) in [7, 11) is 1.51. The first kappa shape index (κ1) is 23.9. The van der Waals surface area contributed by atoms with Crippen LogP contribution in [0.4, 0.5) is 0 Å². The van der Waals surface area contributed by atoms with Crippen molar-refractivity contribution < 1.29 is 9.53 Å². The minimum atomic E-state index is -0.440. The molecule has 2 heterocycles. The molecule has 0 bridgehead atoms. The lowest BCUT2D eigenvalue weighted by molar-refractivity contribution is 0.105. The monoisotopic (exact) mass is 481 g/mol. The maximum Gasteiger partial charge on any atom is 0.273 e. The highest BCUT2D eigenvalue weighted by molar-refractivity contribution is 7.07. The maximum atomic E-state index is 13.6. The van der Waals surface area contributed by atoms with Crippen LogP contribution in [0.15, 0.2) is 77.7 Å². The third kappa shape index (κ3) is 4.98. The molecule has 2 aromatic heterocycles. The molecule has 4 rings (SSSR count). The van der Waals surface area contributed by atoms with E-state index in [1.807, 2.05) is 18.2 Å². The Morgan fingerprint density at radius 2 is 1.86 bits per heavy atom. The summed E-state index contributed by atoms with van der Waals surface area (Å²) in [4.78, 5) is 31.3. The topological polar surface area (TPSA) is 85.0 Å². The highest BCUT2D eigenvalue weighted by Crippen LogP contribution is 2.20. The molecule has 0 aliphatic heterocycles. The SMILES string of the molecule is CCCc1ccc(C(=O)/C(C#N)=c2\s/c(=C\c3ccccn3)c(=O)n2-c2ccccc2OC)cc1. The highest BCUT2D eigenvalue weighted by atomic mass is 32.1. The largest absolute Gasteiger partial charge is 0.495 e. The molecule has 0 saturated heterocycles. The predicted molar refractivity (Wildman–Crippen MR) is 137 cm³/mol. The zero-order valence-corrected chi connectivity index (χ0v) is 20.2. The van der Waals surface area contributed by atoms with Crippen molar-refractivity contribution in [3.05, 3.63) is 109 Å². The van der Waals surface area contributed by atoms with Gasteiger partial charge in [0.25, 0.3) is 5.56 Å². The molecule has 0 spiro atoms. The Morgan fingerprint density at radius 1 is 1.11 bits per heavy atom. The number of methoxy groups -OCH3 is 1. The van der Waals surface area contributed by atoms with E-state index in [2.05, 4.69) is 18.0 Å². The van der Waals surface area contributed by atoms with Crippen molar-refractivity contribution in [2.45, 2.75) is 19.8 Å². The lowest BCUT2D eigenvalue weighted by Gasteiger charge is -2.09. The van der Waals surface area contributed by atoms with Crippen LogP contribution in [0.5, 0.6) is 5.75 Å². The number of benzene rings is 2. The number of hydrogen-bond acceptors (Lipinski definition) is 6. The quantitative estimate of drug-likeness (QED) is 0.376. The van der Waals surface area contributed by atoms with Crippen molar-refractivity contribution in [1.29, 1.82) is 5.26 Å². The van der Waals surface area contributed by atoms with Gasteiger partial charge < -0.3 is 4.74 Å². The molecule has 0 amide bonds. The summed E-state index contributed by atoms with van der Waals surface area (Å²) >= 11 is 1.08. The number of aryl methyl sites for hydroxylation is 1. The number of thiazole rings is 1. The molecule has 0 unspecified atom stereocenters. The van der Waals surface area contributed by atoms with Crippen LogP contribution >= 0.6 is 11.3 Å². The second-order valence-corrected chi connectivity index (χ2v) is 8.78. The summed E-state index contributed by atoms with van der Waals surface area (Å²) in [6, 6.07) is 21.7. The van der Waals surface area contributed by atoms with Crippen LogP contribution < -0.4 is 19.5 Å². The van der Waals surface area contributed by atoms with E-state index in [0.717, 1.165) is 29.7 Å². The van der Waals surface area contributed by atoms with Crippen molar-refractivity contribution in [2.24, 2.45) is 0 Å². The van der Waals surface area contributed by atoms with Gasteiger partial charge in [0.2, 0.25) is 5.78 Å². The van der Waals surface area contributed by atoms with Crippen LogP contribution in [0.25, 0.3) is 17.3 Å². The van der Waals surface area contributed by atoms with E-state index >= 15 is 0 Å². The summed E-state index contributed by atoms with van der Waals surface area (Å²) in [5, 5.41) is 10.1. The number of nitriles is 1. The normalized spacial score (nSPS) is 12.2. The molecule has 7 heteroatoms. The number of carbonyl (C=O) groups is 1. The molecule has 0 fully saturated rings. The first-order valence-corrected chi connectivity index (χ1v) is 11.9. The number of hydrogen-bond donors (Lipinski definition) is 0. The Bertz CT molecular complexity index is 1580. The van der Waals surface area contributed by atoms with Gasteiger partial charge in [0.1, 0.15) is 22.1 Å². The van der Waals surface area contributed by atoms with Crippen LogP contribution in [0.3, 0.4) is 0 Å². The van der Waals surface area contributed by atoms with Gasteiger partial charge in [0.05, 0.1) is 23.0 Å². The second kappa shape index (κ2) is 10.8. The summed E-state index contributed by atoms with van der Waals surface area (Å²) < 4.78 is 7.45. The average Bonchev–Trinajstić information content (AvgIpc) is 3.20. The molecule has 0 N–H and O–H groups in total. The molecular formula is C28H23N3O3S. The molecule has 174 valence electrons. The van der Waals surface area contributed by atoms with E-state index in [-0.39, 0.29) is 15.8 Å². The Kier molecular flexibility index (Phi) is 7.34. The molecule has 0 aliphatic rings. The van der Waals surface area contributed by atoms with E-state index < -0.39 is 5.78 Å². The van der Waals surface area contributed by atoms with Gasteiger partial charge in [-0.1, -0.05) is 55.8 Å². The van der Waals surface area contributed by atoms with Crippen LogP contribution in [-0.4, -0.2) is 22.4 Å². The van der Waals surface area contributed by atoms with Gasteiger partial charge in [-0.25, -0.2) is 0 Å². The lowest BCUT2D eigenvalue weighted by Crippen LogP contribution is -2.31. The first-order chi connectivity index (χ1) is 17.1. The van der Waals surface area contributed by atoms with E-state index in [1.54, 1.807) is 60.8 Å². The first-order valence-electron chi connectivity index (χ1n) is 11.1. The van der Waals surface area contributed by atoms with Gasteiger partial charge in [0, 0.05) is 11.8 Å². The molecule has 4 aromatic rings. The molecule has 2 aromatic carbocycles. The van der Waals surface area contributed by atoms with E-state index in [0.29, 0.717) is 27.2 Å². The minimum absolute atomic E-state index is 0.109. The Hall–Kier alpha value is -4.28. The zero-order valence-electron chi connectivity index (χ0n) is 19.4.